The molecule has 0 atom stereocenters. The van der Waals surface area contributed by atoms with Crippen molar-refractivity contribution in [3.8, 4) is 0 Å². The van der Waals surface area contributed by atoms with E-state index in [1.807, 2.05) is 4.90 Å². The molecule has 1 amide bonds. The number of carboxylic acids is 1. The van der Waals surface area contributed by atoms with E-state index in [0.717, 1.165) is 0 Å². The summed E-state index contributed by atoms with van der Waals surface area (Å²) in [7, 11) is 0. The topological polar surface area (TPSA) is 113 Å². The van der Waals surface area contributed by atoms with Crippen molar-refractivity contribution >= 4 is 17.6 Å². The van der Waals surface area contributed by atoms with Gasteiger partial charge in [-0.1, -0.05) is 6.07 Å². The Morgan fingerprint density at radius 1 is 1.36 bits per heavy atom. The molecule has 1 aromatic carbocycles. The molecule has 0 radical (unpaired) electrons. The van der Waals surface area contributed by atoms with Gasteiger partial charge in [0.25, 0.3) is 11.6 Å². The number of nitrogens with zero attached hydrogens (tertiary/aromatic N) is 2. The van der Waals surface area contributed by atoms with Crippen molar-refractivity contribution in [1.82, 2.24) is 10.2 Å². The molecular formula is C14H17N3O5. The molecule has 1 saturated heterocycles. The molecule has 1 aromatic rings. The van der Waals surface area contributed by atoms with Crippen molar-refractivity contribution in [2.24, 2.45) is 5.92 Å². The van der Waals surface area contributed by atoms with Gasteiger partial charge < -0.3 is 10.4 Å². The monoisotopic (exact) mass is 307 g/mol. The average Bonchev–Trinajstić information content (AvgIpc) is 2.53. The minimum atomic E-state index is -0.778. The first-order chi connectivity index (χ1) is 10.5. The molecule has 0 unspecified atom stereocenters. The Bertz CT molecular complexity index is 582. The van der Waals surface area contributed by atoms with E-state index in [0.29, 0.717) is 32.6 Å². The molecule has 2 rings (SSSR count). The van der Waals surface area contributed by atoms with Crippen molar-refractivity contribution in [3.05, 3.63) is 39.9 Å². The number of carbonyl (C=O) groups is 2. The second kappa shape index (κ2) is 6.99. The van der Waals surface area contributed by atoms with Gasteiger partial charge in [0.2, 0.25) is 0 Å². The fourth-order valence-electron chi connectivity index (χ4n) is 2.38. The molecule has 2 N–H and O–H groups in total. The summed E-state index contributed by atoms with van der Waals surface area (Å²) in [6, 6.07) is 5.53. The normalized spacial score (nSPS) is 16.2. The lowest BCUT2D eigenvalue weighted by atomic mass is 9.97. The number of amides is 1. The zero-order valence-electron chi connectivity index (χ0n) is 11.9. The standard InChI is InChI=1S/C14H17N3O5/c18-13(11-2-1-3-12(8-11)17(21)22)15-9-16-6-4-10(5-7-16)14(19)20/h1-3,8,10H,4-7,9H2,(H,15,18)(H,19,20). The highest BCUT2D eigenvalue weighted by molar-refractivity contribution is 5.94. The van der Waals surface area contributed by atoms with Gasteiger partial charge in [-0.3, -0.25) is 24.6 Å². The fourth-order valence-corrected chi connectivity index (χ4v) is 2.38. The van der Waals surface area contributed by atoms with Gasteiger partial charge in [-0.15, -0.1) is 0 Å². The Kier molecular flexibility index (Phi) is 5.05. The summed E-state index contributed by atoms with van der Waals surface area (Å²) in [5.41, 5.74) is 0.101. The predicted octanol–water partition coefficient (Wildman–Crippen LogP) is 1.08. The Hall–Kier alpha value is -2.48. The summed E-state index contributed by atoms with van der Waals surface area (Å²) in [5, 5.41) is 22.3. The number of non-ortho nitro benzene ring substituents is 1. The molecule has 118 valence electrons. The van der Waals surface area contributed by atoms with Gasteiger partial charge in [0.05, 0.1) is 17.5 Å². The molecule has 8 nitrogen and oxygen atoms in total. The van der Waals surface area contributed by atoms with Gasteiger partial charge in [0.1, 0.15) is 0 Å². The van der Waals surface area contributed by atoms with Gasteiger partial charge in [-0.05, 0) is 18.9 Å². The number of carbonyl (C=O) groups excluding carboxylic acids is 1. The molecule has 1 fully saturated rings. The van der Waals surface area contributed by atoms with E-state index < -0.39 is 10.9 Å². The van der Waals surface area contributed by atoms with E-state index in [-0.39, 0.29) is 23.1 Å². The number of carboxylic acid groups (broad SMARTS) is 1. The summed E-state index contributed by atoms with van der Waals surface area (Å²) < 4.78 is 0. The van der Waals surface area contributed by atoms with E-state index in [2.05, 4.69) is 5.32 Å². The maximum atomic E-state index is 12.0. The lowest BCUT2D eigenvalue weighted by Crippen LogP contribution is -2.43. The smallest absolute Gasteiger partial charge is 0.306 e. The molecule has 0 saturated carbocycles. The summed E-state index contributed by atoms with van der Waals surface area (Å²) in [6.45, 7) is 1.51. The van der Waals surface area contributed by atoms with Crippen LogP contribution in [0.4, 0.5) is 5.69 Å². The van der Waals surface area contributed by atoms with Crippen molar-refractivity contribution < 1.29 is 19.6 Å². The van der Waals surface area contributed by atoms with Crippen molar-refractivity contribution in [2.75, 3.05) is 19.8 Å². The van der Waals surface area contributed by atoms with Gasteiger partial charge in [0, 0.05) is 30.8 Å². The predicted molar refractivity (Wildman–Crippen MR) is 77.4 cm³/mol. The van der Waals surface area contributed by atoms with Crippen LogP contribution in [0, 0.1) is 16.0 Å². The Morgan fingerprint density at radius 2 is 2.05 bits per heavy atom. The number of rotatable bonds is 5. The zero-order valence-corrected chi connectivity index (χ0v) is 11.9. The van der Waals surface area contributed by atoms with Gasteiger partial charge >= 0.3 is 5.97 Å². The van der Waals surface area contributed by atoms with E-state index in [1.165, 1.54) is 24.3 Å². The Morgan fingerprint density at radius 3 is 2.64 bits per heavy atom. The van der Waals surface area contributed by atoms with E-state index in [4.69, 9.17) is 5.11 Å². The molecule has 0 bridgehead atoms. The number of likely N-dealkylation sites (tertiary alicyclic amines) is 1. The minimum Gasteiger partial charge on any atom is -0.481 e. The summed E-state index contributed by atoms with van der Waals surface area (Å²) in [5.74, 6) is -1.48. The quantitative estimate of drug-likeness (QED) is 0.621. The molecule has 1 heterocycles. The third-order valence-electron chi connectivity index (χ3n) is 3.72. The highest BCUT2D eigenvalue weighted by Crippen LogP contribution is 2.17. The number of aliphatic carboxylic acids is 1. The number of nitro groups is 1. The lowest BCUT2D eigenvalue weighted by Gasteiger charge is -2.29. The molecule has 0 spiro atoms. The van der Waals surface area contributed by atoms with Crippen LogP contribution in [0.1, 0.15) is 23.2 Å². The van der Waals surface area contributed by atoms with Crippen LogP contribution in [0.25, 0.3) is 0 Å². The second-order valence-corrected chi connectivity index (χ2v) is 5.20. The number of nitro benzene ring substituents is 1. The van der Waals surface area contributed by atoms with Crippen LogP contribution in [0.5, 0.6) is 0 Å². The highest BCUT2D eigenvalue weighted by atomic mass is 16.6. The molecule has 1 aliphatic heterocycles. The van der Waals surface area contributed by atoms with Crippen LogP contribution < -0.4 is 5.32 Å². The van der Waals surface area contributed by atoms with Crippen LogP contribution in [0.15, 0.2) is 24.3 Å². The average molecular weight is 307 g/mol. The van der Waals surface area contributed by atoms with Crippen LogP contribution in [0.2, 0.25) is 0 Å². The Labute approximate surface area is 126 Å². The SMILES string of the molecule is O=C(NCN1CCC(C(=O)O)CC1)c1cccc([N+](=O)[O-])c1. The number of benzene rings is 1. The second-order valence-electron chi connectivity index (χ2n) is 5.20. The van der Waals surface area contributed by atoms with Crippen LogP contribution in [-0.2, 0) is 4.79 Å². The van der Waals surface area contributed by atoms with E-state index in [1.54, 1.807) is 0 Å². The van der Waals surface area contributed by atoms with Crippen LogP contribution in [-0.4, -0.2) is 46.6 Å². The summed E-state index contributed by atoms with van der Waals surface area (Å²) >= 11 is 0. The summed E-state index contributed by atoms with van der Waals surface area (Å²) in [4.78, 5) is 34.9. The third kappa shape index (κ3) is 4.01. The summed E-state index contributed by atoms with van der Waals surface area (Å²) in [6.07, 6.45) is 1.12. The van der Waals surface area contributed by atoms with Crippen LogP contribution in [0.3, 0.4) is 0 Å². The first-order valence-electron chi connectivity index (χ1n) is 6.95. The van der Waals surface area contributed by atoms with Gasteiger partial charge in [-0.2, -0.15) is 0 Å². The molecule has 22 heavy (non-hydrogen) atoms. The van der Waals surface area contributed by atoms with Crippen LogP contribution >= 0.6 is 0 Å². The van der Waals surface area contributed by atoms with Crippen molar-refractivity contribution in [1.29, 1.82) is 0 Å². The first-order valence-corrected chi connectivity index (χ1v) is 6.95. The third-order valence-corrected chi connectivity index (χ3v) is 3.72. The van der Waals surface area contributed by atoms with Crippen molar-refractivity contribution in [2.45, 2.75) is 12.8 Å². The maximum Gasteiger partial charge on any atom is 0.306 e. The minimum absolute atomic E-state index is 0.130. The number of hydrogen-bond acceptors (Lipinski definition) is 5. The molecule has 8 heteroatoms. The number of piperidine rings is 1. The van der Waals surface area contributed by atoms with Crippen molar-refractivity contribution in [3.63, 3.8) is 0 Å². The zero-order chi connectivity index (χ0) is 16.1. The Balaban J connectivity index is 1.85. The highest BCUT2D eigenvalue weighted by Gasteiger charge is 2.24. The van der Waals surface area contributed by atoms with Gasteiger partial charge in [0.15, 0.2) is 0 Å². The molecule has 1 aliphatic rings. The van der Waals surface area contributed by atoms with E-state index >= 15 is 0 Å². The number of nitrogens with one attached hydrogen (secondary N) is 1. The molecule has 0 aliphatic carbocycles. The molecular weight excluding hydrogens is 290 g/mol. The molecule has 0 aromatic heterocycles. The fraction of sp³-hybridized carbons (Fsp3) is 0.429. The maximum absolute atomic E-state index is 12.0. The number of hydrogen-bond donors (Lipinski definition) is 2. The lowest BCUT2D eigenvalue weighted by molar-refractivity contribution is -0.384. The van der Waals surface area contributed by atoms with Gasteiger partial charge in [-0.25, -0.2) is 0 Å². The van der Waals surface area contributed by atoms with E-state index in [9.17, 15) is 19.7 Å². The largest absolute Gasteiger partial charge is 0.481 e. The first kappa shape index (κ1) is 15.9.